The number of hydrazine groups is 1. The SMILES string of the molecule is CN1CCN(CCNC(=O)C2=NNN3C(O)=C(Cc4ccccc4)C=NC23)CC1. The minimum absolute atomic E-state index is 0.0397. The predicted octanol–water partition coefficient (Wildman–Crippen LogP) is -0.0510. The van der Waals surface area contributed by atoms with Crippen LogP contribution in [0.3, 0.4) is 0 Å². The van der Waals surface area contributed by atoms with Gasteiger partial charge in [-0.2, -0.15) is 5.10 Å². The minimum Gasteiger partial charge on any atom is -0.493 e. The Morgan fingerprint density at radius 3 is 2.76 bits per heavy atom. The van der Waals surface area contributed by atoms with Gasteiger partial charge in [-0.05, 0) is 12.6 Å². The Morgan fingerprint density at radius 2 is 2.00 bits per heavy atom. The van der Waals surface area contributed by atoms with E-state index >= 15 is 0 Å². The largest absolute Gasteiger partial charge is 0.493 e. The Bertz CT molecular complexity index is 828. The average molecular weight is 397 g/mol. The number of nitrogens with zero attached hydrogens (tertiary/aromatic N) is 5. The van der Waals surface area contributed by atoms with E-state index in [1.54, 1.807) is 6.21 Å². The van der Waals surface area contributed by atoms with Crippen molar-refractivity contribution >= 4 is 17.8 Å². The van der Waals surface area contributed by atoms with E-state index in [0.717, 1.165) is 38.3 Å². The number of aliphatic imine (C=N–C) groups is 1. The normalized spacial score (nSPS) is 22.3. The fourth-order valence-corrected chi connectivity index (χ4v) is 3.61. The third-order valence-electron chi connectivity index (χ3n) is 5.43. The standard InChI is InChI=1S/C20H27N7O2/c1-25-9-11-26(12-10-25)8-7-21-19(28)17-18-22-14-16(20(29)27(18)24-23-17)13-15-5-3-2-4-6-15/h2-6,14,18,24,29H,7-13H2,1H3,(H,21,28). The van der Waals surface area contributed by atoms with Gasteiger partial charge in [0.2, 0.25) is 5.88 Å². The number of hydrogen-bond acceptors (Lipinski definition) is 8. The van der Waals surface area contributed by atoms with Crippen LogP contribution in [0.5, 0.6) is 0 Å². The third-order valence-corrected chi connectivity index (χ3v) is 5.43. The molecular weight excluding hydrogens is 370 g/mol. The summed E-state index contributed by atoms with van der Waals surface area (Å²) in [5, 5.41) is 19.0. The van der Waals surface area contributed by atoms with Gasteiger partial charge in [-0.25, -0.2) is 10.5 Å². The monoisotopic (exact) mass is 397 g/mol. The highest BCUT2D eigenvalue weighted by Crippen LogP contribution is 2.22. The van der Waals surface area contributed by atoms with Crippen molar-refractivity contribution in [3.8, 4) is 0 Å². The number of likely N-dealkylation sites (N-methyl/N-ethyl adjacent to an activating group) is 1. The molecule has 3 heterocycles. The van der Waals surface area contributed by atoms with E-state index in [9.17, 15) is 9.90 Å². The topological polar surface area (TPSA) is 95.8 Å². The Hall–Kier alpha value is -2.91. The molecule has 1 aromatic carbocycles. The van der Waals surface area contributed by atoms with Gasteiger partial charge in [-0.1, -0.05) is 30.3 Å². The summed E-state index contributed by atoms with van der Waals surface area (Å²) in [4.78, 5) is 21.6. The molecule has 9 nitrogen and oxygen atoms in total. The van der Waals surface area contributed by atoms with Crippen molar-refractivity contribution in [2.24, 2.45) is 10.1 Å². The van der Waals surface area contributed by atoms with Gasteiger partial charge in [0.1, 0.15) is 0 Å². The summed E-state index contributed by atoms with van der Waals surface area (Å²) in [6.45, 7) is 5.49. The molecule has 1 fully saturated rings. The predicted molar refractivity (Wildman–Crippen MR) is 111 cm³/mol. The molecule has 29 heavy (non-hydrogen) atoms. The second-order valence-electron chi connectivity index (χ2n) is 7.53. The number of allylic oxidation sites excluding steroid dienone is 1. The summed E-state index contributed by atoms with van der Waals surface area (Å²) < 4.78 is 0. The number of rotatable bonds is 6. The second kappa shape index (κ2) is 8.62. The van der Waals surface area contributed by atoms with Gasteiger partial charge in [-0.3, -0.25) is 14.7 Å². The Balaban J connectivity index is 1.30. The molecule has 1 unspecified atom stereocenters. The van der Waals surface area contributed by atoms with Crippen LogP contribution in [0.15, 0.2) is 51.9 Å². The molecule has 0 saturated carbocycles. The molecule has 1 atom stereocenters. The maximum Gasteiger partial charge on any atom is 0.271 e. The molecule has 9 heteroatoms. The smallest absolute Gasteiger partial charge is 0.271 e. The highest BCUT2D eigenvalue weighted by molar-refractivity contribution is 6.41. The van der Waals surface area contributed by atoms with Gasteiger partial charge in [0.05, 0.1) is 0 Å². The van der Waals surface area contributed by atoms with Crippen LogP contribution in [0.25, 0.3) is 0 Å². The molecule has 1 saturated heterocycles. The van der Waals surface area contributed by atoms with E-state index < -0.39 is 6.17 Å². The first-order valence-corrected chi connectivity index (χ1v) is 9.92. The first kappa shape index (κ1) is 19.4. The van der Waals surface area contributed by atoms with Crippen molar-refractivity contribution in [3.63, 3.8) is 0 Å². The van der Waals surface area contributed by atoms with Gasteiger partial charge < -0.3 is 15.3 Å². The lowest BCUT2D eigenvalue weighted by molar-refractivity contribution is -0.115. The van der Waals surface area contributed by atoms with Crippen LogP contribution in [0, 0.1) is 0 Å². The number of nitrogens with one attached hydrogen (secondary N) is 2. The van der Waals surface area contributed by atoms with Crippen LogP contribution in [-0.2, 0) is 11.2 Å². The molecule has 3 N–H and O–H groups in total. The van der Waals surface area contributed by atoms with Crippen LogP contribution in [0.2, 0.25) is 0 Å². The Labute approximate surface area is 170 Å². The molecule has 0 aliphatic carbocycles. The number of hydrogen-bond donors (Lipinski definition) is 3. The van der Waals surface area contributed by atoms with Crippen molar-refractivity contribution in [2.75, 3.05) is 46.3 Å². The molecule has 0 bridgehead atoms. The summed E-state index contributed by atoms with van der Waals surface area (Å²) in [7, 11) is 2.12. The van der Waals surface area contributed by atoms with Crippen LogP contribution < -0.4 is 10.9 Å². The number of aliphatic hydroxyl groups is 1. The second-order valence-corrected chi connectivity index (χ2v) is 7.53. The highest BCUT2D eigenvalue weighted by atomic mass is 16.3. The molecule has 0 radical (unpaired) electrons. The van der Waals surface area contributed by atoms with Crippen molar-refractivity contribution in [3.05, 3.63) is 47.4 Å². The summed E-state index contributed by atoms with van der Waals surface area (Å²) in [5.41, 5.74) is 4.72. The van der Waals surface area contributed by atoms with Crippen LogP contribution in [0.4, 0.5) is 0 Å². The number of piperazine rings is 1. The maximum atomic E-state index is 12.6. The minimum atomic E-state index is -0.654. The summed E-state index contributed by atoms with van der Waals surface area (Å²) in [6.07, 6.45) is 1.52. The van der Waals surface area contributed by atoms with Crippen molar-refractivity contribution in [2.45, 2.75) is 12.6 Å². The quantitative estimate of drug-likeness (QED) is 0.623. The molecule has 154 valence electrons. The van der Waals surface area contributed by atoms with Crippen LogP contribution in [0.1, 0.15) is 5.56 Å². The van der Waals surface area contributed by atoms with Crippen LogP contribution in [-0.4, -0.2) is 90.2 Å². The summed E-state index contributed by atoms with van der Waals surface area (Å²) in [6, 6.07) is 9.85. The first-order chi connectivity index (χ1) is 14.1. The Morgan fingerprint density at radius 1 is 1.24 bits per heavy atom. The van der Waals surface area contributed by atoms with E-state index in [0.29, 0.717) is 18.5 Å². The first-order valence-electron chi connectivity index (χ1n) is 9.92. The lowest BCUT2D eigenvalue weighted by atomic mass is 10.1. The molecule has 3 aliphatic heterocycles. The number of amides is 1. The summed E-state index contributed by atoms with van der Waals surface area (Å²) in [5.74, 6) is -0.228. The molecule has 0 aromatic heterocycles. The van der Waals surface area contributed by atoms with Gasteiger partial charge in [0.25, 0.3) is 5.91 Å². The number of hydrazone groups is 1. The molecule has 1 aromatic rings. The number of fused-ring (bicyclic) bond motifs is 1. The fraction of sp³-hybridized carbons (Fsp3) is 0.450. The van der Waals surface area contributed by atoms with Gasteiger partial charge in [0.15, 0.2) is 11.9 Å². The maximum absolute atomic E-state index is 12.6. The van der Waals surface area contributed by atoms with Gasteiger partial charge >= 0.3 is 0 Å². The zero-order valence-corrected chi connectivity index (χ0v) is 16.6. The Kier molecular flexibility index (Phi) is 5.77. The van der Waals surface area contributed by atoms with Crippen LogP contribution >= 0.6 is 0 Å². The van der Waals surface area contributed by atoms with E-state index in [1.165, 1.54) is 5.01 Å². The van der Waals surface area contributed by atoms with Gasteiger partial charge in [-0.15, -0.1) is 0 Å². The molecule has 3 aliphatic rings. The lowest BCUT2D eigenvalue weighted by Gasteiger charge is -2.32. The summed E-state index contributed by atoms with van der Waals surface area (Å²) >= 11 is 0. The van der Waals surface area contributed by atoms with E-state index in [-0.39, 0.29) is 17.5 Å². The molecule has 1 amide bonds. The van der Waals surface area contributed by atoms with Crippen molar-refractivity contribution < 1.29 is 9.90 Å². The lowest BCUT2D eigenvalue weighted by Crippen LogP contribution is -2.49. The number of aliphatic hydroxyl groups excluding tert-OH is 1. The molecule has 0 spiro atoms. The molecule has 4 rings (SSSR count). The number of carbonyl (C=O) groups excluding carboxylic acids is 1. The zero-order valence-electron chi connectivity index (χ0n) is 16.6. The highest BCUT2D eigenvalue weighted by Gasteiger charge is 2.38. The number of benzene rings is 1. The van der Waals surface area contributed by atoms with Crippen molar-refractivity contribution in [1.82, 2.24) is 25.7 Å². The van der Waals surface area contributed by atoms with Crippen molar-refractivity contribution in [1.29, 1.82) is 0 Å². The van der Waals surface area contributed by atoms with Gasteiger partial charge in [0, 0.05) is 57.5 Å². The number of carbonyl (C=O) groups is 1. The van der Waals surface area contributed by atoms with E-state index in [2.05, 4.69) is 37.8 Å². The third kappa shape index (κ3) is 4.41. The fourth-order valence-electron chi connectivity index (χ4n) is 3.61. The zero-order chi connectivity index (χ0) is 20.2. The molecular formula is C20H27N7O2. The average Bonchev–Trinajstić information content (AvgIpc) is 3.17. The van der Waals surface area contributed by atoms with E-state index in [1.807, 2.05) is 30.3 Å². The van der Waals surface area contributed by atoms with E-state index in [4.69, 9.17) is 0 Å².